The molecular formula is C10H13BrN2O4S. The first-order valence-corrected chi connectivity index (χ1v) is 7.15. The second-order valence-corrected chi connectivity index (χ2v) is 6.08. The van der Waals surface area contributed by atoms with Gasteiger partial charge in [0.1, 0.15) is 0 Å². The predicted molar refractivity (Wildman–Crippen MR) is 70.1 cm³/mol. The van der Waals surface area contributed by atoms with Gasteiger partial charge in [0, 0.05) is 18.1 Å². The van der Waals surface area contributed by atoms with Crippen molar-refractivity contribution >= 4 is 32.2 Å². The lowest BCUT2D eigenvalue weighted by molar-refractivity contribution is 0.177. The number of nitrogens with zero attached hydrogens (tertiary/aromatic N) is 1. The molecule has 8 heteroatoms. The van der Waals surface area contributed by atoms with Gasteiger partial charge in [-0.05, 0) is 11.6 Å². The van der Waals surface area contributed by atoms with Crippen LogP contribution < -0.4 is 4.72 Å². The molecule has 100 valence electrons. The molecule has 0 aliphatic heterocycles. The van der Waals surface area contributed by atoms with Crippen molar-refractivity contribution in [1.29, 1.82) is 0 Å². The van der Waals surface area contributed by atoms with Crippen molar-refractivity contribution in [3.8, 4) is 0 Å². The maximum atomic E-state index is 11.7. The van der Waals surface area contributed by atoms with Gasteiger partial charge in [0.2, 0.25) is 0 Å². The van der Waals surface area contributed by atoms with Crippen molar-refractivity contribution in [1.82, 2.24) is 9.03 Å². The molecule has 0 radical (unpaired) electrons. The van der Waals surface area contributed by atoms with Crippen LogP contribution in [0.5, 0.6) is 0 Å². The number of carbonyl (C=O) groups excluding carboxylic acids is 1. The lowest BCUT2D eigenvalue weighted by atomic mass is 10.2. The van der Waals surface area contributed by atoms with Crippen LogP contribution in [0.4, 0.5) is 4.79 Å². The summed E-state index contributed by atoms with van der Waals surface area (Å²) in [6.07, 6.45) is -1.02. The number of ether oxygens (including phenoxy) is 1. The highest BCUT2D eigenvalue weighted by atomic mass is 79.9. The molecule has 6 nitrogen and oxygen atoms in total. The van der Waals surface area contributed by atoms with E-state index in [4.69, 9.17) is 0 Å². The minimum Gasteiger partial charge on any atom is -0.452 e. The van der Waals surface area contributed by atoms with Crippen molar-refractivity contribution in [2.75, 3.05) is 14.2 Å². The number of methoxy groups -OCH3 is 1. The Morgan fingerprint density at radius 3 is 2.61 bits per heavy atom. The Labute approximate surface area is 114 Å². The fourth-order valence-electron chi connectivity index (χ4n) is 1.18. The maximum Gasteiger partial charge on any atom is 0.421 e. The van der Waals surface area contributed by atoms with Crippen LogP contribution >= 0.6 is 15.9 Å². The minimum absolute atomic E-state index is 0.133. The molecule has 1 aromatic rings. The van der Waals surface area contributed by atoms with E-state index in [1.54, 1.807) is 16.9 Å². The Hall–Kier alpha value is -1.12. The molecule has 18 heavy (non-hydrogen) atoms. The Kier molecular flexibility index (Phi) is 5.12. The van der Waals surface area contributed by atoms with Crippen LogP contribution in [0.25, 0.3) is 0 Å². The summed E-state index contributed by atoms with van der Waals surface area (Å²) < 4.78 is 31.3. The zero-order valence-corrected chi connectivity index (χ0v) is 12.3. The van der Waals surface area contributed by atoms with Gasteiger partial charge in [-0.25, -0.2) is 9.52 Å². The molecule has 1 amide bonds. The third-order valence-corrected chi connectivity index (χ3v) is 4.31. The molecule has 0 saturated carbocycles. The van der Waals surface area contributed by atoms with Crippen LogP contribution in [0, 0.1) is 0 Å². The van der Waals surface area contributed by atoms with E-state index in [1.807, 2.05) is 12.1 Å². The van der Waals surface area contributed by atoms with Crippen molar-refractivity contribution in [3.63, 3.8) is 0 Å². The quantitative estimate of drug-likeness (QED) is 0.903. The predicted octanol–water partition coefficient (Wildman–Crippen LogP) is 1.48. The summed E-state index contributed by atoms with van der Waals surface area (Å²) in [4.78, 5) is 10.9. The molecule has 0 aliphatic carbocycles. The molecule has 0 aliphatic rings. The van der Waals surface area contributed by atoms with Gasteiger partial charge in [-0.3, -0.25) is 0 Å². The SMILES string of the molecule is COC(=O)NS(=O)(=O)N(C)Cc1ccccc1Br. The van der Waals surface area contributed by atoms with Crippen LogP contribution in [-0.4, -0.2) is 33.0 Å². The van der Waals surface area contributed by atoms with Gasteiger partial charge in [-0.1, -0.05) is 34.1 Å². The first-order valence-electron chi connectivity index (χ1n) is 4.92. The zero-order chi connectivity index (χ0) is 13.8. The number of hydrogen-bond acceptors (Lipinski definition) is 4. The van der Waals surface area contributed by atoms with E-state index < -0.39 is 16.3 Å². The number of benzene rings is 1. The van der Waals surface area contributed by atoms with Gasteiger partial charge in [-0.15, -0.1) is 0 Å². The molecule has 0 unspecified atom stereocenters. The topological polar surface area (TPSA) is 75.7 Å². The van der Waals surface area contributed by atoms with E-state index in [-0.39, 0.29) is 6.54 Å². The van der Waals surface area contributed by atoms with Crippen LogP contribution in [0.15, 0.2) is 28.7 Å². The Bertz CT molecular complexity index is 532. The number of nitrogens with one attached hydrogen (secondary N) is 1. The molecule has 1 N–H and O–H groups in total. The first kappa shape index (κ1) is 14.9. The average Bonchev–Trinajstić information content (AvgIpc) is 2.31. The normalized spacial score (nSPS) is 11.3. The maximum absolute atomic E-state index is 11.7. The van der Waals surface area contributed by atoms with Crippen molar-refractivity contribution in [2.24, 2.45) is 0 Å². The highest BCUT2D eigenvalue weighted by molar-refractivity contribution is 9.10. The third kappa shape index (κ3) is 3.97. The second-order valence-electron chi connectivity index (χ2n) is 3.45. The Balaban J connectivity index is 2.80. The summed E-state index contributed by atoms with van der Waals surface area (Å²) in [6, 6.07) is 7.22. The molecule has 0 bridgehead atoms. The second kappa shape index (κ2) is 6.17. The summed E-state index contributed by atoms with van der Waals surface area (Å²) in [6.45, 7) is 0.133. The largest absolute Gasteiger partial charge is 0.452 e. The van der Waals surface area contributed by atoms with Crippen LogP contribution in [0.2, 0.25) is 0 Å². The van der Waals surface area contributed by atoms with Crippen molar-refractivity contribution < 1.29 is 17.9 Å². The summed E-state index contributed by atoms with van der Waals surface area (Å²) in [5, 5.41) is 0. The van der Waals surface area contributed by atoms with Gasteiger partial charge in [-0.2, -0.15) is 12.7 Å². The third-order valence-electron chi connectivity index (χ3n) is 2.16. The van der Waals surface area contributed by atoms with Gasteiger partial charge in [0.05, 0.1) is 7.11 Å². The highest BCUT2D eigenvalue weighted by Crippen LogP contribution is 2.18. The molecule has 1 aromatic carbocycles. The molecule has 0 fully saturated rings. The smallest absolute Gasteiger partial charge is 0.421 e. The lowest BCUT2D eigenvalue weighted by Crippen LogP contribution is -2.41. The number of hydrogen-bond donors (Lipinski definition) is 1. The first-order chi connectivity index (χ1) is 8.36. The van der Waals surface area contributed by atoms with E-state index >= 15 is 0 Å². The fraction of sp³-hybridized carbons (Fsp3) is 0.300. The molecule has 0 saturated heterocycles. The summed E-state index contributed by atoms with van der Waals surface area (Å²) in [7, 11) is -1.44. The summed E-state index contributed by atoms with van der Waals surface area (Å²) in [5.74, 6) is 0. The monoisotopic (exact) mass is 336 g/mol. The van der Waals surface area contributed by atoms with E-state index in [0.29, 0.717) is 0 Å². The van der Waals surface area contributed by atoms with Crippen LogP contribution in [0.3, 0.4) is 0 Å². The fourth-order valence-corrected chi connectivity index (χ4v) is 2.35. The van der Waals surface area contributed by atoms with Crippen molar-refractivity contribution in [3.05, 3.63) is 34.3 Å². The van der Waals surface area contributed by atoms with E-state index in [1.165, 1.54) is 7.05 Å². The lowest BCUT2D eigenvalue weighted by Gasteiger charge is -2.17. The van der Waals surface area contributed by atoms with Crippen LogP contribution in [0.1, 0.15) is 5.56 Å². The Morgan fingerprint density at radius 1 is 1.44 bits per heavy atom. The number of carbonyl (C=O) groups is 1. The average molecular weight is 337 g/mol. The number of halogens is 1. The molecule has 0 heterocycles. The summed E-state index contributed by atoms with van der Waals surface area (Å²) >= 11 is 3.32. The molecule has 0 atom stereocenters. The van der Waals surface area contributed by atoms with E-state index in [2.05, 4.69) is 20.7 Å². The molecule has 1 rings (SSSR count). The zero-order valence-electron chi connectivity index (χ0n) is 9.88. The molecular weight excluding hydrogens is 324 g/mol. The molecule has 0 spiro atoms. The van der Waals surface area contributed by atoms with Gasteiger partial charge in [0.25, 0.3) is 0 Å². The van der Waals surface area contributed by atoms with Crippen molar-refractivity contribution in [2.45, 2.75) is 6.54 Å². The van der Waals surface area contributed by atoms with Gasteiger partial charge < -0.3 is 4.74 Å². The van der Waals surface area contributed by atoms with E-state index in [0.717, 1.165) is 21.5 Å². The minimum atomic E-state index is -3.90. The number of rotatable bonds is 4. The summed E-state index contributed by atoms with van der Waals surface area (Å²) in [5.41, 5.74) is 0.787. The Morgan fingerprint density at radius 2 is 2.06 bits per heavy atom. The van der Waals surface area contributed by atoms with Crippen LogP contribution in [-0.2, 0) is 21.5 Å². The van der Waals surface area contributed by atoms with Gasteiger partial charge in [0.15, 0.2) is 0 Å². The molecule has 0 aromatic heterocycles. The van der Waals surface area contributed by atoms with Gasteiger partial charge >= 0.3 is 16.3 Å². The standard InChI is InChI=1S/C10H13BrN2O4S/c1-13(18(15,16)12-10(14)17-2)7-8-5-3-4-6-9(8)11/h3-6H,7H2,1-2H3,(H,12,14). The highest BCUT2D eigenvalue weighted by Gasteiger charge is 2.21. The number of amides is 1. The van der Waals surface area contributed by atoms with E-state index in [9.17, 15) is 13.2 Å².